The van der Waals surface area contributed by atoms with Gasteiger partial charge in [0.05, 0.1) is 18.0 Å². The van der Waals surface area contributed by atoms with Gasteiger partial charge in [-0.1, -0.05) is 19.1 Å². The Hall–Kier alpha value is -1.81. The molecule has 1 atom stereocenters. The predicted octanol–water partition coefficient (Wildman–Crippen LogP) is 3.81. The Morgan fingerprint density at radius 1 is 1.35 bits per heavy atom. The van der Waals surface area contributed by atoms with Gasteiger partial charge < -0.3 is 10.1 Å². The molecular formula is C16H19NO2S. The van der Waals surface area contributed by atoms with E-state index in [1.165, 1.54) is 4.88 Å². The Morgan fingerprint density at radius 3 is 2.80 bits per heavy atom. The van der Waals surface area contributed by atoms with Crippen LogP contribution in [0.4, 0.5) is 0 Å². The van der Waals surface area contributed by atoms with E-state index >= 15 is 0 Å². The summed E-state index contributed by atoms with van der Waals surface area (Å²) in [7, 11) is 1.64. The van der Waals surface area contributed by atoms with E-state index in [2.05, 4.69) is 12.2 Å². The van der Waals surface area contributed by atoms with Gasteiger partial charge in [0.15, 0.2) is 0 Å². The normalized spacial score (nSPS) is 11.9. The van der Waals surface area contributed by atoms with Crippen LogP contribution in [-0.4, -0.2) is 13.0 Å². The number of methoxy groups -OCH3 is 1. The summed E-state index contributed by atoms with van der Waals surface area (Å²) in [5.74, 6) is 0.776. The molecule has 1 aromatic heterocycles. The van der Waals surface area contributed by atoms with Gasteiger partial charge in [0, 0.05) is 4.88 Å². The van der Waals surface area contributed by atoms with Crippen molar-refractivity contribution in [3.05, 3.63) is 51.7 Å². The van der Waals surface area contributed by atoms with E-state index in [1.807, 2.05) is 43.3 Å². The summed E-state index contributed by atoms with van der Waals surface area (Å²) in [6.45, 7) is 4.06. The first kappa shape index (κ1) is 14.6. The first-order chi connectivity index (χ1) is 9.63. The van der Waals surface area contributed by atoms with Gasteiger partial charge in [-0.25, -0.2) is 0 Å². The highest BCUT2D eigenvalue weighted by atomic mass is 32.1. The molecule has 0 spiro atoms. The van der Waals surface area contributed by atoms with Gasteiger partial charge in [0.1, 0.15) is 5.75 Å². The van der Waals surface area contributed by atoms with E-state index in [4.69, 9.17) is 4.74 Å². The number of nitrogens with one attached hydrogen (secondary N) is 1. The van der Waals surface area contributed by atoms with Crippen LogP contribution >= 0.6 is 11.3 Å². The van der Waals surface area contributed by atoms with Crippen LogP contribution < -0.4 is 10.1 Å². The smallest absolute Gasteiger partial charge is 0.261 e. The second-order valence-electron chi connectivity index (χ2n) is 4.59. The van der Waals surface area contributed by atoms with Crippen molar-refractivity contribution >= 4 is 17.2 Å². The van der Waals surface area contributed by atoms with Crippen LogP contribution in [0.1, 0.15) is 40.0 Å². The third-order valence-corrected chi connectivity index (χ3v) is 4.40. The lowest BCUT2D eigenvalue weighted by Crippen LogP contribution is -2.25. The van der Waals surface area contributed by atoms with Crippen LogP contribution in [0.5, 0.6) is 5.75 Å². The van der Waals surface area contributed by atoms with Gasteiger partial charge in [-0.2, -0.15) is 0 Å². The molecule has 0 aliphatic heterocycles. The van der Waals surface area contributed by atoms with Gasteiger partial charge in [0.2, 0.25) is 0 Å². The largest absolute Gasteiger partial charge is 0.497 e. The zero-order chi connectivity index (χ0) is 14.5. The topological polar surface area (TPSA) is 38.3 Å². The monoisotopic (exact) mass is 289 g/mol. The summed E-state index contributed by atoms with van der Waals surface area (Å²) in [5, 5.41) is 3.02. The summed E-state index contributed by atoms with van der Waals surface area (Å²) in [5.41, 5.74) is 1.03. The summed E-state index contributed by atoms with van der Waals surface area (Å²) < 4.78 is 5.20. The van der Waals surface area contributed by atoms with E-state index in [9.17, 15) is 4.79 Å². The molecule has 1 heterocycles. The second-order valence-corrected chi connectivity index (χ2v) is 5.76. The average molecular weight is 289 g/mol. The molecular weight excluding hydrogens is 270 g/mol. The zero-order valence-electron chi connectivity index (χ0n) is 12.0. The number of carbonyl (C=O) groups excluding carboxylic acids is 1. The number of aryl methyl sites for hydroxylation is 1. The van der Waals surface area contributed by atoms with Crippen LogP contribution in [0.15, 0.2) is 36.4 Å². The van der Waals surface area contributed by atoms with Crippen molar-refractivity contribution in [3.8, 4) is 5.75 Å². The minimum absolute atomic E-state index is 0.0231. The summed E-state index contributed by atoms with van der Waals surface area (Å²) in [6.07, 6.45) is 0.962. The number of rotatable bonds is 5. The Balaban J connectivity index is 2.06. The van der Waals surface area contributed by atoms with Gasteiger partial charge in [-0.3, -0.25) is 4.79 Å². The fraction of sp³-hybridized carbons (Fsp3) is 0.312. The molecule has 0 radical (unpaired) electrons. The molecule has 1 amide bonds. The fourth-order valence-electron chi connectivity index (χ4n) is 1.95. The average Bonchev–Trinajstić information content (AvgIpc) is 2.96. The van der Waals surface area contributed by atoms with E-state index in [0.29, 0.717) is 0 Å². The quantitative estimate of drug-likeness (QED) is 0.909. The fourth-order valence-corrected chi connectivity index (χ4v) is 2.80. The third-order valence-electron chi connectivity index (χ3n) is 3.18. The lowest BCUT2D eigenvalue weighted by Gasteiger charge is -2.14. The number of hydrogen-bond donors (Lipinski definition) is 1. The van der Waals surface area contributed by atoms with Crippen molar-refractivity contribution < 1.29 is 9.53 Å². The van der Waals surface area contributed by atoms with Gasteiger partial charge in [0.25, 0.3) is 5.91 Å². The highest BCUT2D eigenvalue weighted by molar-refractivity contribution is 7.14. The standard InChI is InChI=1S/C16H19NO2S/c1-4-14-8-9-15(20-14)16(18)17-11(2)12-6-5-7-13(10-12)19-3/h5-11H,4H2,1-3H3,(H,17,18). The van der Waals surface area contributed by atoms with Crippen molar-refractivity contribution in [1.82, 2.24) is 5.32 Å². The SMILES string of the molecule is CCc1ccc(C(=O)NC(C)c2cccc(OC)c2)s1. The van der Waals surface area contributed by atoms with Crippen LogP contribution in [-0.2, 0) is 6.42 Å². The molecule has 1 unspecified atom stereocenters. The molecule has 0 bridgehead atoms. The number of thiophene rings is 1. The predicted molar refractivity (Wildman–Crippen MR) is 82.6 cm³/mol. The molecule has 0 aliphatic rings. The molecule has 0 saturated heterocycles. The molecule has 3 nitrogen and oxygen atoms in total. The first-order valence-corrected chi connectivity index (χ1v) is 7.49. The molecule has 1 aromatic carbocycles. The van der Waals surface area contributed by atoms with E-state index < -0.39 is 0 Å². The van der Waals surface area contributed by atoms with E-state index in [1.54, 1.807) is 18.4 Å². The lowest BCUT2D eigenvalue weighted by molar-refractivity contribution is 0.0944. The molecule has 106 valence electrons. The summed E-state index contributed by atoms with van der Waals surface area (Å²) >= 11 is 1.55. The zero-order valence-corrected chi connectivity index (χ0v) is 12.8. The molecule has 2 aromatic rings. The Morgan fingerprint density at radius 2 is 2.15 bits per heavy atom. The molecule has 0 fully saturated rings. The Kier molecular flexibility index (Phi) is 4.79. The number of amides is 1. The van der Waals surface area contributed by atoms with Crippen LogP contribution in [0.25, 0.3) is 0 Å². The van der Waals surface area contributed by atoms with Crippen LogP contribution in [0, 0.1) is 0 Å². The van der Waals surface area contributed by atoms with E-state index in [0.717, 1.165) is 22.6 Å². The van der Waals surface area contributed by atoms with Crippen LogP contribution in [0.2, 0.25) is 0 Å². The second kappa shape index (κ2) is 6.57. The summed E-state index contributed by atoms with van der Waals surface area (Å²) in [4.78, 5) is 14.2. The highest BCUT2D eigenvalue weighted by Gasteiger charge is 2.13. The maximum atomic E-state index is 12.2. The van der Waals surface area contributed by atoms with Crippen molar-refractivity contribution in [1.29, 1.82) is 0 Å². The Bertz CT molecular complexity index is 592. The molecule has 4 heteroatoms. The number of ether oxygens (including phenoxy) is 1. The van der Waals surface area contributed by atoms with Gasteiger partial charge in [-0.05, 0) is 43.2 Å². The van der Waals surface area contributed by atoms with Gasteiger partial charge in [-0.15, -0.1) is 11.3 Å². The first-order valence-electron chi connectivity index (χ1n) is 6.67. The molecule has 0 aliphatic carbocycles. The van der Waals surface area contributed by atoms with Crippen molar-refractivity contribution in [2.45, 2.75) is 26.3 Å². The van der Waals surface area contributed by atoms with Crippen LogP contribution in [0.3, 0.4) is 0 Å². The van der Waals surface area contributed by atoms with E-state index in [-0.39, 0.29) is 11.9 Å². The minimum Gasteiger partial charge on any atom is -0.497 e. The number of carbonyl (C=O) groups is 1. The maximum Gasteiger partial charge on any atom is 0.261 e. The third kappa shape index (κ3) is 3.39. The van der Waals surface area contributed by atoms with Crippen molar-refractivity contribution in [3.63, 3.8) is 0 Å². The molecule has 20 heavy (non-hydrogen) atoms. The van der Waals surface area contributed by atoms with Gasteiger partial charge >= 0.3 is 0 Å². The number of benzene rings is 1. The molecule has 2 rings (SSSR count). The maximum absolute atomic E-state index is 12.2. The molecule has 1 N–H and O–H groups in total. The Labute approximate surface area is 123 Å². The molecule has 0 saturated carbocycles. The highest BCUT2D eigenvalue weighted by Crippen LogP contribution is 2.21. The number of hydrogen-bond acceptors (Lipinski definition) is 3. The van der Waals surface area contributed by atoms with Crippen molar-refractivity contribution in [2.24, 2.45) is 0 Å². The van der Waals surface area contributed by atoms with Crippen molar-refractivity contribution in [2.75, 3.05) is 7.11 Å². The lowest BCUT2D eigenvalue weighted by atomic mass is 10.1. The minimum atomic E-state index is -0.0511. The summed E-state index contributed by atoms with van der Waals surface area (Å²) in [6, 6.07) is 11.6.